The van der Waals surface area contributed by atoms with Gasteiger partial charge in [0.15, 0.2) is 0 Å². The van der Waals surface area contributed by atoms with Crippen LogP contribution >= 0.6 is 0 Å². The molecular formula is C16H24FNO. The van der Waals surface area contributed by atoms with Gasteiger partial charge in [0.1, 0.15) is 5.82 Å². The molecule has 1 fully saturated rings. The van der Waals surface area contributed by atoms with Crippen molar-refractivity contribution in [2.75, 3.05) is 6.54 Å². The fraction of sp³-hybridized carbons (Fsp3) is 0.625. The van der Waals surface area contributed by atoms with Crippen LogP contribution in [0.2, 0.25) is 0 Å². The van der Waals surface area contributed by atoms with E-state index in [2.05, 4.69) is 12.2 Å². The van der Waals surface area contributed by atoms with E-state index in [4.69, 9.17) is 4.74 Å². The van der Waals surface area contributed by atoms with Crippen molar-refractivity contribution in [2.24, 2.45) is 0 Å². The third-order valence-electron chi connectivity index (χ3n) is 3.64. The summed E-state index contributed by atoms with van der Waals surface area (Å²) in [6.45, 7) is 4.33. The maximum atomic E-state index is 13.7. The molecule has 0 amide bonds. The second-order valence-electron chi connectivity index (χ2n) is 5.32. The highest BCUT2D eigenvalue weighted by molar-refractivity contribution is 5.24. The van der Waals surface area contributed by atoms with Crippen molar-refractivity contribution in [3.05, 3.63) is 35.1 Å². The molecule has 19 heavy (non-hydrogen) atoms. The van der Waals surface area contributed by atoms with Crippen LogP contribution in [0.15, 0.2) is 18.2 Å². The van der Waals surface area contributed by atoms with Crippen molar-refractivity contribution in [1.29, 1.82) is 0 Å². The lowest BCUT2D eigenvalue weighted by molar-refractivity contribution is 0.0441. The zero-order valence-electron chi connectivity index (χ0n) is 11.8. The zero-order chi connectivity index (χ0) is 13.5. The molecule has 1 aromatic carbocycles. The summed E-state index contributed by atoms with van der Waals surface area (Å²) in [6.07, 6.45) is 6.18. The number of hydrogen-bond donors (Lipinski definition) is 1. The lowest BCUT2D eigenvalue weighted by Gasteiger charge is -2.12. The summed E-state index contributed by atoms with van der Waals surface area (Å²) in [6, 6.07) is 5.32. The molecule has 0 bridgehead atoms. The Hall–Kier alpha value is -0.930. The molecule has 1 aliphatic carbocycles. The number of rotatable bonds is 7. The van der Waals surface area contributed by atoms with E-state index >= 15 is 0 Å². The van der Waals surface area contributed by atoms with E-state index in [-0.39, 0.29) is 5.82 Å². The largest absolute Gasteiger partial charge is 0.373 e. The summed E-state index contributed by atoms with van der Waals surface area (Å²) in [4.78, 5) is 0. The van der Waals surface area contributed by atoms with Crippen LogP contribution in [-0.4, -0.2) is 12.6 Å². The zero-order valence-corrected chi connectivity index (χ0v) is 11.8. The van der Waals surface area contributed by atoms with Crippen LogP contribution in [-0.2, 0) is 17.9 Å². The third kappa shape index (κ3) is 4.59. The van der Waals surface area contributed by atoms with Gasteiger partial charge in [-0.1, -0.05) is 25.8 Å². The first-order valence-corrected chi connectivity index (χ1v) is 7.39. The minimum atomic E-state index is -0.155. The monoisotopic (exact) mass is 265 g/mol. The van der Waals surface area contributed by atoms with Crippen molar-refractivity contribution in [3.8, 4) is 0 Å². The predicted molar refractivity (Wildman–Crippen MR) is 75.4 cm³/mol. The summed E-state index contributed by atoms with van der Waals surface area (Å²) in [5.74, 6) is -0.155. The lowest BCUT2D eigenvalue weighted by atomic mass is 10.1. The molecule has 0 radical (unpaired) electrons. The van der Waals surface area contributed by atoms with Gasteiger partial charge in [0.25, 0.3) is 0 Å². The van der Waals surface area contributed by atoms with Crippen LogP contribution in [0.25, 0.3) is 0 Å². The summed E-state index contributed by atoms with van der Waals surface area (Å²) in [5.41, 5.74) is 1.81. The molecule has 1 saturated carbocycles. The number of benzene rings is 1. The quantitative estimate of drug-likeness (QED) is 0.757. The van der Waals surface area contributed by atoms with Gasteiger partial charge in [-0.3, -0.25) is 0 Å². The number of nitrogens with one attached hydrogen (secondary N) is 1. The second-order valence-corrected chi connectivity index (χ2v) is 5.32. The highest BCUT2D eigenvalue weighted by Gasteiger charge is 2.16. The smallest absolute Gasteiger partial charge is 0.128 e. The predicted octanol–water partition coefficient (Wildman–Crippen LogP) is 3.78. The molecule has 1 aliphatic rings. The number of ether oxygens (including phenoxy) is 1. The van der Waals surface area contributed by atoms with Crippen molar-refractivity contribution in [1.82, 2.24) is 5.32 Å². The highest BCUT2D eigenvalue weighted by atomic mass is 19.1. The van der Waals surface area contributed by atoms with Crippen molar-refractivity contribution >= 4 is 0 Å². The first kappa shape index (κ1) is 14.5. The minimum Gasteiger partial charge on any atom is -0.373 e. The van der Waals surface area contributed by atoms with Crippen LogP contribution < -0.4 is 5.32 Å². The molecule has 0 heterocycles. The van der Waals surface area contributed by atoms with Gasteiger partial charge in [-0.25, -0.2) is 4.39 Å². The van der Waals surface area contributed by atoms with E-state index < -0.39 is 0 Å². The van der Waals surface area contributed by atoms with E-state index in [0.29, 0.717) is 18.3 Å². The SMILES string of the molecule is CCCNCc1ccc(F)c(COC2CCCC2)c1. The van der Waals surface area contributed by atoms with Gasteiger partial charge in [-0.05, 0) is 43.5 Å². The second kappa shape index (κ2) is 7.61. The van der Waals surface area contributed by atoms with Crippen molar-refractivity contribution < 1.29 is 9.13 Å². The number of halogens is 1. The normalized spacial score (nSPS) is 16.1. The van der Waals surface area contributed by atoms with Gasteiger partial charge in [-0.2, -0.15) is 0 Å². The summed E-state index contributed by atoms with van der Waals surface area (Å²) in [5, 5.41) is 3.33. The Morgan fingerprint density at radius 1 is 1.32 bits per heavy atom. The summed E-state index contributed by atoms with van der Waals surface area (Å²) >= 11 is 0. The van der Waals surface area contributed by atoms with Crippen LogP contribution in [0, 0.1) is 5.82 Å². The van der Waals surface area contributed by atoms with Crippen LogP contribution in [0.1, 0.15) is 50.2 Å². The molecular weight excluding hydrogens is 241 g/mol. The molecule has 3 heteroatoms. The van der Waals surface area contributed by atoms with E-state index in [9.17, 15) is 4.39 Å². The Balaban J connectivity index is 1.88. The Kier molecular flexibility index (Phi) is 5.80. The highest BCUT2D eigenvalue weighted by Crippen LogP contribution is 2.22. The summed E-state index contributed by atoms with van der Waals surface area (Å²) in [7, 11) is 0. The maximum absolute atomic E-state index is 13.7. The molecule has 0 spiro atoms. The third-order valence-corrected chi connectivity index (χ3v) is 3.64. The molecule has 0 unspecified atom stereocenters. The van der Waals surface area contributed by atoms with Gasteiger partial charge in [0, 0.05) is 12.1 Å². The molecule has 2 rings (SSSR count). The van der Waals surface area contributed by atoms with Crippen LogP contribution in [0.4, 0.5) is 4.39 Å². The van der Waals surface area contributed by atoms with Gasteiger partial charge in [-0.15, -0.1) is 0 Å². The minimum absolute atomic E-state index is 0.155. The Morgan fingerprint density at radius 2 is 2.11 bits per heavy atom. The van der Waals surface area contributed by atoms with Crippen LogP contribution in [0.5, 0.6) is 0 Å². The topological polar surface area (TPSA) is 21.3 Å². The first-order valence-electron chi connectivity index (χ1n) is 7.39. The Morgan fingerprint density at radius 3 is 2.84 bits per heavy atom. The van der Waals surface area contributed by atoms with Crippen LogP contribution in [0.3, 0.4) is 0 Å². The van der Waals surface area contributed by atoms with Crippen molar-refractivity contribution in [2.45, 2.75) is 58.3 Å². The summed E-state index contributed by atoms with van der Waals surface area (Å²) < 4.78 is 19.5. The Labute approximate surface area is 115 Å². The average molecular weight is 265 g/mol. The van der Waals surface area contributed by atoms with Crippen molar-refractivity contribution in [3.63, 3.8) is 0 Å². The van der Waals surface area contributed by atoms with E-state index in [1.165, 1.54) is 12.8 Å². The molecule has 1 N–H and O–H groups in total. The fourth-order valence-corrected chi connectivity index (χ4v) is 2.52. The van der Waals surface area contributed by atoms with E-state index in [1.54, 1.807) is 6.07 Å². The Bertz CT molecular complexity index is 388. The molecule has 106 valence electrons. The van der Waals surface area contributed by atoms with Gasteiger partial charge < -0.3 is 10.1 Å². The standard InChI is InChI=1S/C16H24FNO/c1-2-9-18-11-13-7-8-16(17)14(10-13)12-19-15-5-3-4-6-15/h7-8,10,15,18H,2-6,9,11-12H2,1H3. The van der Waals surface area contributed by atoms with Gasteiger partial charge in [0.05, 0.1) is 12.7 Å². The average Bonchev–Trinajstić information content (AvgIpc) is 2.92. The maximum Gasteiger partial charge on any atom is 0.128 e. The number of hydrogen-bond acceptors (Lipinski definition) is 2. The van der Waals surface area contributed by atoms with Gasteiger partial charge in [0.2, 0.25) is 0 Å². The molecule has 0 atom stereocenters. The van der Waals surface area contributed by atoms with E-state index in [1.807, 2.05) is 12.1 Å². The van der Waals surface area contributed by atoms with Gasteiger partial charge >= 0.3 is 0 Å². The fourth-order valence-electron chi connectivity index (χ4n) is 2.52. The lowest BCUT2D eigenvalue weighted by Crippen LogP contribution is -2.14. The molecule has 0 saturated heterocycles. The first-order chi connectivity index (χ1) is 9.29. The molecule has 2 nitrogen and oxygen atoms in total. The molecule has 1 aromatic rings. The van der Waals surface area contributed by atoms with E-state index in [0.717, 1.165) is 37.9 Å². The molecule has 0 aliphatic heterocycles. The molecule has 0 aromatic heterocycles.